The molecule has 1 unspecified atom stereocenters. The van der Waals surface area contributed by atoms with Crippen molar-refractivity contribution < 1.29 is 4.21 Å². The van der Waals surface area contributed by atoms with Gasteiger partial charge in [-0.3, -0.25) is 0 Å². The van der Waals surface area contributed by atoms with Gasteiger partial charge in [-0.05, 0) is 91.7 Å². The molecule has 0 bridgehead atoms. The lowest BCUT2D eigenvalue weighted by Gasteiger charge is -2.16. The Bertz CT molecular complexity index is 915. The monoisotopic (exact) mass is 559 g/mol. The molecule has 0 aliphatic heterocycles. The average Bonchev–Trinajstić information content (AvgIpc) is 2.55. The Morgan fingerprint density at radius 1 is 0.750 bits per heavy atom. The van der Waals surface area contributed by atoms with E-state index in [4.69, 9.17) is 4.78 Å². The van der Waals surface area contributed by atoms with Gasteiger partial charge in [0, 0.05) is 13.4 Å². The van der Waals surface area contributed by atoms with Crippen LogP contribution in [-0.2, 0) is 9.73 Å². The summed E-state index contributed by atoms with van der Waals surface area (Å²) in [6, 6.07) is 22.0. The highest BCUT2D eigenvalue weighted by Gasteiger charge is 2.18. The predicted octanol–water partition coefficient (Wildman–Crippen LogP) is 6.27. The van der Waals surface area contributed by atoms with Gasteiger partial charge in [-0.1, -0.05) is 42.5 Å². The van der Waals surface area contributed by atoms with E-state index < -0.39 is 9.73 Å². The fourth-order valence-electron chi connectivity index (χ4n) is 2.67. The maximum Gasteiger partial charge on any atom is 0.0709 e. The summed E-state index contributed by atoms with van der Waals surface area (Å²) in [5, 5.41) is 0. The van der Waals surface area contributed by atoms with Crippen LogP contribution < -0.4 is 0 Å². The van der Waals surface area contributed by atoms with Crippen molar-refractivity contribution in [3.05, 3.63) is 73.9 Å². The van der Waals surface area contributed by atoms with Crippen molar-refractivity contribution in [2.75, 3.05) is 6.26 Å². The Morgan fingerprint density at radius 2 is 1.12 bits per heavy atom. The minimum absolute atomic E-state index is 0.604. The molecule has 0 aliphatic carbocycles. The molecule has 5 heteroatoms. The topological polar surface area (TPSA) is 40.9 Å². The van der Waals surface area contributed by atoms with Gasteiger partial charge in [0.1, 0.15) is 0 Å². The van der Waals surface area contributed by atoms with Gasteiger partial charge >= 0.3 is 0 Å². The van der Waals surface area contributed by atoms with Crippen LogP contribution in [0.2, 0.25) is 0 Å². The van der Waals surface area contributed by atoms with Gasteiger partial charge in [0.25, 0.3) is 0 Å². The third-order valence-electron chi connectivity index (χ3n) is 3.72. The van der Waals surface area contributed by atoms with Crippen LogP contribution in [0, 0.1) is 11.9 Å². The third-order valence-corrected chi connectivity index (χ3v) is 6.37. The van der Waals surface area contributed by atoms with Gasteiger partial charge in [-0.2, -0.15) is 0 Å². The molecule has 0 aliphatic rings. The van der Waals surface area contributed by atoms with E-state index >= 15 is 0 Å². The molecule has 24 heavy (non-hydrogen) atoms. The minimum atomic E-state index is -2.88. The van der Waals surface area contributed by atoms with Gasteiger partial charge in [0.2, 0.25) is 0 Å². The summed E-state index contributed by atoms with van der Waals surface area (Å²) in [4.78, 5) is 0.604. The van der Waals surface area contributed by atoms with Crippen LogP contribution in [0.4, 0.5) is 0 Å². The van der Waals surface area contributed by atoms with Gasteiger partial charge < -0.3 is 0 Å². The molecule has 0 saturated heterocycles. The maximum absolute atomic E-state index is 12.8. The molecule has 0 heterocycles. The Morgan fingerprint density at radius 3 is 1.46 bits per heavy atom. The zero-order valence-electron chi connectivity index (χ0n) is 12.9. The van der Waals surface area contributed by atoms with Crippen LogP contribution in [0.15, 0.2) is 71.6 Å². The second-order valence-electron chi connectivity index (χ2n) is 5.54. The molecule has 2 nitrogen and oxygen atoms in total. The number of nitrogens with one attached hydrogen (secondary N) is 1. The van der Waals surface area contributed by atoms with Gasteiger partial charge in [0.05, 0.1) is 14.6 Å². The van der Waals surface area contributed by atoms with Crippen molar-refractivity contribution in [1.29, 1.82) is 4.78 Å². The van der Waals surface area contributed by atoms with E-state index in [0.29, 0.717) is 4.90 Å². The molecule has 0 saturated carbocycles. The third kappa shape index (κ3) is 3.83. The molecule has 3 aromatic rings. The lowest BCUT2D eigenvalue weighted by Crippen LogP contribution is -2.01. The summed E-state index contributed by atoms with van der Waals surface area (Å²) >= 11 is 4.53. The first-order chi connectivity index (χ1) is 11.4. The lowest BCUT2D eigenvalue weighted by atomic mass is 9.99. The number of rotatable bonds is 3. The van der Waals surface area contributed by atoms with Crippen LogP contribution in [0.1, 0.15) is 0 Å². The molecular formula is C19H15I2NOS. The zero-order chi connectivity index (χ0) is 17.3. The van der Waals surface area contributed by atoms with E-state index in [1.165, 1.54) is 6.26 Å². The molecule has 0 spiro atoms. The molecule has 3 aromatic carbocycles. The van der Waals surface area contributed by atoms with Crippen molar-refractivity contribution >= 4 is 54.9 Å². The SMILES string of the molecule is CS(=N)(=O)c1c(-c2ccc(I)cc2)cccc1-c1ccc(I)cc1. The normalized spacial score (nSPS) is 13.5. The van der Waals surface area contributed by atoms with Crippen LogP contribution in [0.25, 0.3) is 22.3 Å². The van der Waals surface area contributed by atoms with Crippen molar-refractivity contribution in [3.63, 3.8) is 0 Å². The zero-order valence-corrected chi connectivity index (χ0v) is 18.1. The summed E-state index contributed by atoms with van der Waals surface area (Å²) in [5.74, 6) is 0. The summed E-state index contributed by atoms with van der Waals surface area (Å²) in [6.07, 6.45) is 1.49. The second-order valence-corrected chi connectivity index (χ2v) is 10.1. The fraction of sp³-hybridized carbons (Fsp3) is 0.0526. The number of halogens is 2. The Kier molecular flexibility index (Phi) is 5.31. The first-order valence-electron chi connectivity index (χ1n) is 7.25. The fourth-order valence-corrected chi connectivity index (χ4v) is 4.60. The van der Waals surface area contributed by atoms with E-state index in [1.54, 1.807) is 0 Å². The largest absolute Gasteiger partial charge is 0.249 e. The van der Waals surface area contributed by atoms with E-state index in [9.17, 15) is 4.21 Å². The van der Waals surface area contributed by atoms with Gasteiger partial charge in [-0.15, -0.1) is 0 Å². The Balaban J connectivity index is 2.30. The molecule has 3 rings (SSSR count). The maximum atomic E-state index is 12.8. The Labute approximate surface area is 170 Å². The van der Waals surface area contributed by atoms with E-state index in [2.05, 4.69) is 45.2 Å². The summed E-state index contributed by atoms with van der Waals surface area (Å²) in [5.41, 5.74) is 3.70. The van der Waals surface area contributed by atoms with Gasteiger partial charge in [-0.25, -0.2) is 8.99 Å². The predicted molar refractivity (Wildman–Crippen MR) is 118 cm³/mol. The number of benzene rings is 3. The first-order valence-corrected chi connectivity index (χ1v) is 11.4. The van der Waals surface area contributed by atoms with Crippen molar-refractivity contribution in [1.82, 2.24) is 0 Å². The second kappa shape index (κ2) is 7.13. The highest BCUT2D eigenvalue weighted by Crippen LogP contribution is 2.36. The van der Waals surface area contributed by atoms with Crippen molar-refractivity contribution in [2.24, 2.45) is 0 Å². The van der Waals surface area contributed by atoms with Crippen molar-refractivity contribution in [3.8, 4) is 22.3 Å². The molecule has 0 fully saturated rings. The smallest absolute Gasteiger partial charge is 0.0709 e. The van der Waals surface area contributed by atoms with Crippen molar-refractivity contribution in [2.45, 2.75) is 4.90 Å². The highest BCUT2D eigenvalue weighted by molar-refractivity contribution is 14.1. The highest BCUT2D eigenvalue weighted by atomic mass is 127. The first kappa shape index (κ1) is 17.9. The summed E-state index contributed by atoms with van der Waals surface area (Å²) in [7, 11) is -2.88. The molecule has 0 amide bonds. The molecule has 1 N–H and O–H groups in total. The standard InChI is InChI=1S/C19H15I2NOS/c1-24(22,23)19-17(13-5-9-15(20)10-6-13)3-2-4-18(19)14-7-11-16(21)12-8-14/h2-12,22H,1H3. The molecular weight excluding hydrogens is 544 g/mol. The van der Waals surface area contributed by atoms with Crippen LogP contribution in [0.5, 0.6) is 0 Å². The molecule has 0 aromatic heterocycles. The van der Waals surface area contributed by atoms with Crippen LogP contribution in [0.3, 0.4) is 0 Å². The minimum Gasteiger partial charge on any atom is -0.249 e. The van der Waals surface area contributed by atoms with E-state index in [1.807, 2.05) is 66.7 Å². The summed E-state index contributed by atoms with van der Waals surface area (Å²) < 4.78 is 23.3. The Hall–Kier alpha value is -0.930. The van der Waals surface area contributed by atoms with Gasteiger partial charge in [0.15, 0.2) is 0 Å². The lowest BCUT2D eigenvalue weighted by molar-refractivity contribution is 0.679. The molecule has 0 radical (unpaired) electrons. The summed E-state index contributed by atoms with van der Waals surface area (Å²) in [6.45, 7) is 0. The van der Waals surface area contributed by atoms with Crippen LogP contribution in [-0.4, -0.2) is 10.5 Å². The molecule has 1 atom stereocenters. The van der Waals surface area contributed by atoms with E-state index in [-0.39, 0.29) is 0 Å². The van der Waals surface area contributed by atoms with Crippen LogP contribution >= 0.6 is 45.2 Å². The number of hydrogen-bond acceptors (Lipinski definition) is 2. The molecule has 122 valence electrons. The average molecular weight is 559 g/mol. The number of hydrogen-bond donors (Lipinski definition) is 1. The van der Waals surface area contributed by atoms with E-state index in [0.717, 1.165) is 29.4 Å². The quantitative estimate of drug-likeness (QED) is 0.378.